The van der Waals surface area contributed by atoms with Crippen LogP contribution in [0.1, 0.15) is 53.2 Å². The molecular weight excluding hydrogens is 352 g/mol. The highest BCUT2D eigenvalue weighted by Gasteiger charge is 2.43. The summed E-state index contributed by atoms with van der Waals surface area (Å²) in [5, 5.41) is 0. The molecule has 1 heterocycles. The largest absolute Gasteiger partial charge is 0.497 e. The van der Waals surface area contributed by atoms with Gasteiger partial charge in [0.15, 0.2) is 0 Å². The molecule has 0 saturated heterocycles. The average molecular weight is 380 g/mol. The molecule has 0 saturated carbocycles. The summed E-state index contributed by atoms with van der Waals surface area (Å²) < 4.78 is 5.26. The molecule has 1 aliphatic heterocycles. The van der Waals surface area contributed by atoms with Crippen molar-refractivity contribution >= 4 is 11.8 Å². The zero-order valence-corrected chi connectivity index (χ0v) is 17.0. The van der Waals surface area contributed by atoms with Crippen LogP contribution in [-0.2, 0) is 4.79 Å². The lowest BCUT2D eigenvalue weighted by molar-refractivity contribution is -0.133. The Bertz CT molecular complexity index is 847. The third kappa shape index (κ3) is 3.61. The molecule has 2 aromatic rings. The zero-order chi connectivity index (χ0) is 20.3. The van der Waals surface area contributed by atoms with E-state index < -0.39 is 5.92 Å². The number of fused-ring (bicyclic) bond motifs is 1. The number of likely N-dealkylation sites (N-methyl/N-ethyl adjacent to an activating group) is 2. The third-order valence-electron chi connectivity index (χ3n) is 5.53. The second kappa shape index (κ2) is 8.46. The Hall–Kier alpha value is -2.82. The maximum atomic E-state index is 13.5. The monoisotopic (exact) mass is 380 g/mol. The van der Waals surface area contributed by atoms with Crippen LogP contribution in [0.25, 0.3) is 0 Å². The van der Waals surface area contributed by atoms with Crippen LogP contribution < -0.4 is 4.74 Å². The highest BCUT2D eigenvalue weighted by Crippen LogP contribution is 2.43. The van der Waals surface area contributed by atoms with E-state index in [4.69, 9.17) is 4.74 Å². The lowest BCUT2D eigenvalue weighted by Gasteiger charge is -2.41. The van der Waals surface area contributed by atoms with Crippen LogP contribution in [0.15, 0.2) is 48.5 Å². The van der Waals surface area contributed by atoms with Crippen molar-refractivity contribution < 1.29 is 14.3 Å². The van der Waals surface area contributed by atoms with E-state index in [-0.39, 0.29) is 17.9 Å². The number of ether oxygens (including phenoxy) is 1. The molecule has 5 heteroatoms. The van der Waals surface area contributed by atoms with Gasteiger partial charge in [-0.2, -0.15) is 0 Å². The summed E-state index contributed by atoms with van der Waals surface area (Å²) in [4.78, 5) is 30.0. The Morgan fingerprint density at radius 3 is 2.46 bits per heavy atom. The van der Waals surface area contributed by atoms with Gasteiger partial charge >= 0.3 is 0 Å². The second-order valence-electron chi connectivity index (χ2n) is 7.31. The van der Waals surface area contributed by atoms with Crippen LogP contribution in [0.3, 0.4) is 0 Å². The summed E-state index contributed by atoms with van der Waals surface area (Å²) in [7, 11) is 5.25. The molecule has 2 amide bonds. The van der Waals surface area contributed by atoms with Crippen molar-refractivity contribution in [2.24, 2.45) is 0 Å². The van der Waals surface area contributed by atoms with E-state index in [1.807, 2.05) is 55.6 Å². The molecule has 0 spiro atoms. The van der Waals surface area contributed by atoms with E-state index in [0.717, 1.165) is 29.7 Å². The van der Waals surface area contributed by atoms with Crippen molar-refractivity contribution in [2.45, 2.75) is 31.7 Å². The molecule has 0 bridgehead atoms. The van der Waals surface area contributed by atoms with Gasteiger partial charge in [-0.05, 0) is 35.7 Å². The molecule has 1 aliphatic rings. The predicted octanol–water partition coefficient (Wildman–Crippen LogP) is 3.86. The molecule has 0 N–H and O–H groups in total. The number of amides is 2. The van der Waals surface area contributed by atoms with E-state index >= 15 is 0 Å². The average Bonchev–Trinajstić information content (AvgIpc) is 2.74. The van der Waals surface area contributed by atoms with E-state index in [1.165, 1.54) is 0 Å². The van der Waals surface area contributed by atoms with Gasteiger partial charge in [0.2, 0.25) is 5.91 Å². The van der Waals surface area contributed by atoms with Gasteiger partial charge in [0.05, 0.1) is 19.1 Å². The lowest BCUT2D eigenvalue weighted by atomic mass is 9.79. The highest BCUT2D eigenvalue weighted by molar-refractivity contribution is 6.01. The molecule has 0 aliphatic carbocycles. The van der Waals surface area contributed by atoms with Gasteiger partial charge in [-0.15, -0.1) is 0 Å². The molecule has 28 heavy (non-hydrogen) atoms. The molecule has 0 radical (unpaired) electrons. The number of carbonyl (C=O) groups excluding carboxylic acids is 2. The number of methoxy groups -OCH3 is 1. The summed E-state index contributed by atoms with van der Waals surface area (Å²) >= 11 is 0. The van der Waals surface area contributed by atoms with E-state index in [2.05, 4.69) is 6.92 Å². The minimum atomic E-state index is -0.436. The van der Waals surface area contributed by atoms with Crippen LogP contribution in [-0.4, -0.2) is 49.4 Å². The Labute approximate surface area is 166 Å². The van der Waals surface area contributed by atoms with E-state index in [0.29, 0.717) is 12.1 Å². The first kappa shape index (κ1) is 19.9. The lowest BCUT2D eigenvalue weighted by Crippen LogP contribution is -2.46. The summed E-state index contributed by atoms with van der Waals surface area (Å²) in [5.74, 6) is 0.295. The first-order chi connectivity index (χ1) is 13.5. The number of rotatable bonds is 6. The van der Waals surface area contributed by atoms with Crippen molar-refractivity contribution in [2.75, 3.05) is 27.7 Å². The first-order valence-corrected chi connectivity index (χ1v) is 9.74. The minimum absolute atomic E-state index is 0.0427. The topological polar surface area (TPSA) is 49.9 Å². The fourth-order valence-corrected chi connectivity index (χ4v) is 3.90. The molecule has 3 rings (SSSR count). The van der Waals surface area contributed by atoms with Gasteiger partial charge in [0, 0.05) is 26.2 Å². The van der Waals surface area contributed by atoms with Gasteiger partial charge < -0.3 is 14.5 Å². The number of carbonyl (C=O) groups is 2. The maximum Gasteiger partial charge on any atom is 0.254 e. The fraction of sp³-hybridized carbons (Fsp3) is 0.391. The molecule has 0 aromatic heterocycles. The number of hydrogen-bond acceptors (Lipinski definition) is 3. The van der Waals surface area contributed by atoms with Gasteiger partial charge in [-0.3, -0.25) is 9.59 Å². The van der Waals surface area contributed by atoms with Crippen LogP contribution in [0.4, 0.5) is 0 Å². The van der Waals surface area contributed by atoms with Crippen molar-refractivity contribution in [1.82, 2.24) is 9.80 Å². The van der Waals surface area contributed by atoms with Crippen molar-refractivity contribution in [1.29, 1.82) is 0 Å². The summed E-state index contributed by atoms with van der Waals surface area (Å²) in [6, 6.07) is 14.7. The highest BCUT2D eigenvalue weighted by atomic mass is 16.5. The number of unbranched alkanes of at least 4 members (excludes halogenated alkanes) is 1. The SMILES string of the molecule is CCCCN(C)C(=O)[C@@H]1c2ccccc2C(=O)N(C)[C@H]1c1ccc(OC)cc1. The van der Waals surface area contributed by atoms with Crippen LogP contribution in [0.2, 0.25) is 0 Å². The van der Waals surface area contributed by atoms with Gasteiger partial charge in [-0.25, -0.2) is 0 Å². The van der Waals surface area contributed by atoms with E-state index in [9.17, 15) is 9.59 Å². The second-order valence-corrected chi connectivity index (χ2v) is 7.31. The molecule has 2 atom stereocenters. The van der Waals surface area contributed by atoms with Crippen molar-refractivity contribution in [3.8, 4) is 5.75 Å². The quantitative estimate of drug-likeness (QED) is 0.765. The zero-order valence-electron chi connectivity index (χ0n) is 17.0. The molecule has 0 fully saturated rings. The standard InChI is InChI=1S/C23H28N2O3/c1-5-6-15-24(2)23(27)20-18-9-7-8-10-19(18)22(26)25(3)21(20)16-11-13-17(28-4)14-12-16/h7-14,20-21H,5-6,15H2,1-4H3/t20-,21+/m1/s1. The van der Waals surface area contributed by atoms with Crippen molar-refractivity contribution in [3.05, 3.63) is 65.2 Å². The molecule has 148 valence electrons. The third-order valence-corrected chi connectivity index (χ3v) is 5.53. The summed E-state index contributed by atoms with van der Waals surface area (Å²) in [5.41, 5.74) is 2.34. The predicted molar refractivity (Wildman–Crippen MR) is 110 cm³/mol. The molecule has 2 aromatic carbocycles. The van der Waals surface area contributed by atoms with Gasteiger partial charge in [0.25, 0.3) is 5.91 Å². The Morgan fingerprint density at radius 1 is 1.14 bits per heavy atom. The normalized spacial score (nSPS) is 18.6. The Balaban J connectivity index is 2.08. The minimum Gasteiger partial charge on any atom is -0.497 e. The number of hydrogen-bond donors (Lipinski definition) is 0. The van der Waals surface area contributed by atoms with Crippen LogP contribution >= 0.6 is 0 Å². The maximum absolute atomic E-state index is 13.5. The van der Waals surface area contributed by atoms with Crippen LogP contribution in [0, 0.1) is 0 Å². The van der Waals surface area contributed by atoms with Crippen molar-refractivity contribution in [3.63, 3.8) is 0 Å². The first-order valence-electron chi connectivity index (χ1n) is 9.74. The molecule has 0 unspecified atom stereocenters. The van der Waals surface area contributed by atoms with E-state index in [1.54, 1.807) is 24.0 Å². The van der Waals surface area contributed by atoms with Crippen LogP contribution in [0.5, 0.6) is 5.75 Å². The number of benzene rings is 2. The Kier molecular flexibility index (Phi) is 6.02. The molecular formula is C23H28N2O3. The summed E-state index contributed by atoms with van der Waals surface area (Å²) in [6.45, 7) is 2.82. The van der Waals surface area contributed by atoms with Gasteiger partial charge in [-0.1, -0.05) is 43.7 Å². The summed E-state index contributed by atoms with van der Waals surface area (Å²) in [6.07, 6.45) is 1.98. The number of nitrogens with zero attached hydrogens (tertiary/aromatic N) is 2. The fourth-order valence-electron chi connectivity index (χ4n) is 3.90. The smallest absolute Gasteiger partial charge is 0.254 e. The van der Waals surface area contributed by atoms with Gasteiger partial charge in [0.1, 0.15) is 5.75 Å². The Morgan fingerprint density at radius 2 is 1.82 bits per heavy atom. The molecule has 5 nitrogen and oxygen atoms in total.